The third-order valence-electron chi connectivity index (χ3n) is 13.3. The van der Waals surface area contributed by atoms with E-state index in [1.165, 1.54) is 56.1 Å². The maximum absolute atomic E-state index is 11.8. The Labute approximate surface area is 369 Å². The summed E-state index contributed by atoms with van der Waals surface area (Å²) in [7, 11) is 0. The lowest BCUT2D eigenvalue weighted by molar-refractivity contribution is -0.138. The molecule has 3 heteroatoms. The summed E-state index contributed by atoms with van der Waals surface area (Å²) in [5.74, 6) is -0.144. The number of carbonyl (C=O) groups excluding carboxylic acids is 1. The summed E-state index contributed by atoms with van der Waals surface area (Å²) in [5, 5.41) is 11.5. The molecule has 0 aromatic heterocycles. The number of para-hydroxylation sites is 1. The predicted octanol–water partition coefficient (Wildman–Crippen LogP) is 14.2. The fraction of sp³-hybridized carbons (Fsp3) is 0.237. The molecular formula is C59H60O3. The zero-order chi connectivity index (χ0) is 44.3. The maximum Gasteiger partial charge on any atom is 0.330 e. The monoisotopic (exact) mass is 816 g/mol. The highest BCUT2D eigenvalue weighted by Gasteiger charge is 2.37. The van der Waals surface area contributed by atoms with Gasteiger partial charge in [0.1, 0.15) is 12.4 Å². The van der Waals surface area contributed by atoms with Gasteiger partial charge in [-0.05, 0) is 79.2 Å². The van der Waals surface area contributed by atoms with E-state index in [9.17, 15) is 9.90 Å². The molecule has 62 heavy (non-hydrogen) atoms. The van der Waals surface area contributed by atoms with Gasteiger partial charge in [-0.2, -0.15) is 0 Å². The Hall–Kier alpha value is -6.45. The van der Waals surface area contributed by atoms with Crippen molar-refractivity contribution in [2.24, 2.45) is 0 Å². The van der Waals surface area contributed by atoms with E-state index in [0.29, 0.717) is 12.2 Å². The fourth-order valence-electron chi connectivity index (χ4n) is 9.20. The molecule has 0 saturated carbocycles. The molecule has 0 amide bonds. The van der Waals surface area contributed by atoms with E-state index in [1.54, 1.807) is 6.07 Å². The fourth-order valence-corrected chi connectivity index (χ4v) is 9.20. The first-order chi connectivity index (χ1) is 29.5. The first kappa shape index (κ1) is 43.6. The lowest BCUT2D eigenvalue weighted by atomic mass is 9.65. The van der Waals surface area contributed by atoms with Crippen molar-refractivity contribution < 1.29 is 14.6 Å². The van der Waals surface area contributed by atoms with Crippen molar-refractivity contribution in [3.8, 4) is 16.9 Å². The Balaban J connectivity index is 1.48. The van der Waals surface area contributed by atoms with Crippen LogP contribution in [0.4, 0.5) is 0 Å². The number of hydrogen-bond acceptors (Lipinski definition) is 3. The third-order valence-corrected chi connectivity index (χ3v) is 13.3. The van der Waals surface area contributed by atoms with Crippen LogP contribution in [0.5, 0.6) is 5.75 Å². The Morgan fingerprint density at radius 3 is 1.50 bits per heavy atom. The maximum atomic E-state index is 11.8. The first-order valence-corrected chi connectivity index (χ1v) is 21.7. The van der Waals surface area contributed by atoms with Crippen LogP contribution in [0, 0.1) is 0 Å². The standard InChI is InChI=1S/C59H60O3/c1-10-55(61)62-40-41-30-33-43(34-31-41)48-35-32-42(37-51(48)57(4,5)45-24-16-12-17-25-45)36-49-52(58(6,7)46-26-18-13-19-27-46)38-47(56(2,3)44-22-14-11-15-23-44)39-53(49)59(8,9)50-28-20-21-29-54(50)60/h10-35,37-39,60H,1,36,40H2,2-9H3. The van der Waals surface area contributed by atoms with Gasteiger partial charge in [0.2, 0.25) is 0 Å². The van der Waals surface area contributed by atoms with Gasteiger partial charge < -0.3 is 9.84 Å². The number of hydrogen-bond donors (Lipinski definition) is 1. The van der Waals surface area contributed by atoms with Crippen molar-refractivity contribution in [2.45, 2.75) is 90.1 Å². The average molecular weight is 817 g/mol. The van der Waals surface area contributed by atoms with E-state index in [1.807, 2.05) is 24.3 Å². The second-order valence-electron chi connectivity index (χ2n) is 18.7. The molecule has 7 rings (SSSR count). The number of phenols is 1. The van der Waals surface area contributed by atoms with Crippen molar-refractivity contribution >= 4 is 5.97 Å². The molecule has 0 aliphatic carbocycles. The summed E-state index contributed by atoms with van der Waals surface area (Å²) in [6.45, 7) is 22.2. The summed E-state index contributed by atoms with van der Waals surface area (Å²) in [4.78, 5) is 11.8. The first-order valence-electron chi connectivity index (χ1n) is 21.7. The van der Waals surface area contributed by atoms with Crippen molar-refractivity contribution in [3.05, 3.63) is 244 Å². The molecule has 0 heterocycles. The number of ether oxygens (including phenoxy) is 1. The van der Waals surface area contributed by atoms with Crippen LogP contribution in [-0.2, 0) is 44.2 Å². The summed E-state index contributed by atoms with van der Waals surface area (Å²) in [6, 6.07) is 60.4. The second kappa shape index (κ2) is 17.5. The molecule has 0 spiro atoms. The molecule has 0 aliphatic rings. The van der Waals surface area contributed by atoms with Gasteiger partial charge in [0.05, 0.1) is 0 Å². The summed E-state index contributed by atoms with van der Waals surface area (Å²) in [5.41, 5.74) is 13.5. The van der Waals surface area contributed by atoms with E-state index in [4.69, 9.17) is 4.74 Å². The van der Waals surface area contributed by atoms with Gasteiger partial charge in [0.25, 0.3) is 0 Å². The second-order valence-corrected chi connectivity index (χ2v) is 18.7. The van der Waals surface area contributed by atoms with Crippen LogP contribution in [0.2, 0.25) is 0 Å². The SMILES string of the molecule is C=CC(=O)OCc1ccc(-c2ccc(Cc3c(C(C)(C)c4ccccc4)cc(C(C)(C)c4ccccc4)cc3C(C)(C)c3ccccc3O)cc2C(C)(C)c2ccccc2)cc1. The zero-order valence-electron chi connectivity index (χ0n) is 37.6. The summed E-state index contributed by atoms with van der Waals surface area (Å²) < 4.78 is 5.34. The highest BCUT2D eigenvalue weighted by molar-refractivity contribution is 5.81. The smallest absolute Gasteiger partial charge is 0.330 e. The van der Waals surface area contributed by atoms with Crippen molar-refractivity contribution in [3.63, 3.8) is 0 Å². The van der Waals surface area contributed by atoms with E-state index < -0.39 is 11.4 Å². The van der Waals surface area contributed by atoms with Crippen LogP contribution >= 0.6 is 0 Å². The Morgan fingerprint density at radius 2 is 0.968 bits per heavy atom. The number of phenolic OH excluding ortho intramolecular Hbond substituents is 1. The Morgan fingerprint density at radius 1 is 0.500 bits per heavy atom. The zero-order valence-corrected chi connectivity index (χ0v) is 37.6. The van der Waals surface area contributed by atoms with Crippen molar-refractivity contribution in [2.75, 3.05) is 0 Å². The van der Waals surface area contributed by atoms with Crippen LogP contribution in [0.1, 0.15) is 117 Å². The van der Waals surface area contributed by atoms with Crippen LogP contribution in [0.25, 0.3) is 11.1 Å². The minimum Gasteiger partial charge on any atom is -0.508 e. The van der Waals surface area contributed by atoms with E-state index >= 15 is 0 Å². The molecule has 3 nitrogen and oxygen atoms in total. The van der Waals surface area contributed by atoms with E-state index in [2.05, 4.69) is 201 Å². The average Bonchev–Trinajstić information content (AvgIpc) is 3.29. The van der Waals surface area contributed by atoms with Gasteiger partial charge in [-0.25, -0.2) is 4.79 Å². The summed E-state index contributed by atoms with van der Waals surface area (Å²) in [6.07, 6.45) is 1.87. The van der Waals surface area contributed by atoms with E-state index in [0.717, 1.165) is 22.3 Å². The quantitative estimate of drug-likeness (QED) is 0.0878. The van der Waals surface area contributed by atoms with Crippen molar-refractivity contribution in [1.82, 2.24) is 0 Å². The molecule has 0 atom stereocenters. The molecule has 0 saturated heterocycles. The van der Waals surface area contributed by atoms with Crippen LogP contribution in [0.15, 0.2) is 183 Å². The number of aromatic hydroxyl groups is 1. The van der Waals surface area contributed by atoms with Crippen LogP contribution in [0.3, 0.4) is 0 Å². The normalized spacial score (nSPS) is 12.2. The van der Waals surface area contributed by atoms with Gasteiger partial charge in [-0.15, -0.1) is 0 Å². The third kappa shape index (κ3) is 8.68. The molecule has 314 valence electrons. The lowest BCUT2D eigenvalue weighted by Gasteiger charge is -2.38. The van der Waals surface area contributed by atoms with Crippen LogP contribution < -0.4 is 0 Å². The van der Waals surface area contributed by atoms with Gasteiger partial charge in [-0.3, -0.25) is 0 Å². The van der Waals surface area contributed by atoms with Gasteiger partial charge in [-0.1, -0.05) is 226 Å². The Kier molecular flexibility index (Phi) is 12.3. The van der Waals surface area contributed by atoms with Gasteiger partial charge in [0, 0.05) is 33.3 Å². The molecule has 7 aromatic carbocycles. The molecule has 1 N–H and O–H groups in total. The molecule has 0 fully saturated rings. The minimum atomic E-state index is -0.571. The highest BCUT2D eigenvalue weighted by atomic mass is 16.5. The highest BCUT2D eigenvalue weighted by Crippen LogP contribution is 2.47. The molecule has 0 bridgehead atoms. The van der Waals surface area contributed by atoms with Gasteiger partial charge in [0.15, 0.2) is 0 Å². The molecule has 0 aliphatic heterocycles. The largest absolute Gasteiger partial charge is 0.508 e. The number of benzene rings is 7. The summed E-state index contributed by atoms with van der Waals surface area (Å²) >= 11 is 0. The molecular weight excluding hydrogens is 757 g/mol. The minimum absolute atomic E-state index is 0.189. The van der Waals surface area contributed by atoms with Gasteiger partial charge >= 0.3 is 5.97 Å². The Bertz CT molecular complexity index is 2670. The van der Waals surface area contributed by atoms with Crippen LogP contribution in [-0.4, -0.2) is 11.1 Å². The number of esters is 1. The lowest BCUT2D eigenvalue weighted by Crippen LogP contribution is -2.30. The number of rotatable bonds is 14. The molecule has 0 unspecified atom stereocenters. The number of carbonyl (C=O) groups is 1. The van der Waals surface area contributed by atoms with Crippen molar-refractivity contribution in [1.29, 1.82) is 0 Å². The molecule has 7 aromatic rings. The predicted molar refractivity (Wildman–Crippen MR) is 257 cm³/mol. The topological polar surface area (TPSA) is 46.5 Å². The van der Waals surface area contributed by atoms with E-state index in [-0.39, 0.29) is 22.9 Å². The molecule has 0 radical (unpaired) electrons.